The molecule has 148 valence electrons. The van der Waals surface area contributed by atoms with Crippen molar-refractivity contribution < 1.29 is 14.3 Å². The topological polar surface area (TPSA) is 79.5 Å². The van der Waals surface area contributed by atoms with Crippen molar-refractivity contribution in [2.45, 2.75) is 33.1 Å². The molecule has 1 aromatic heterocycles. The van der Waals surface area contributed by atoms with Crippen LogP contribution in [0.4, 0.5) is 16.4 Å². The maximum Gasteiger partial charge on any atom is 0.341 e. The smallest absolute Gasteiger partial charge is 0.341 e. The summed E-state index contributed by atoms with van der Waals surface area (Å²) in [5, 5.41) is 10.1. The van der Waals surface area contributed by atoms with Gasteiger partial charge in [-0.05, 0) is 67.2 Å². The molecule has 1 atom stereocenters. The van der Waals surface area contributed by atoms with E-state index >= 15 is 0 Å². The van der Waals surface area contributed by atoms with Crippen LogP contribution in [0.25, 0.3) is 0 Å². The quantitative estimate of drug-likeness (QED) is 0.505. The number of nitrogens with one attached hydrogen (secondary N) is 3. The minimum absolute atomic E-state index is 0.121. The van der Waals surface area contributed by atoms with Gasteiger partial charge in [0.15, 0.2) is 5.11 Å². The molecular weight excluding hydrogens is 394 g/mol. The molecule has 0 saturated heterocycles. The number of methoxy groups -OCH3 is 1. The molecule has 0 radical (unpaired) electrons. The molecule has 6 nitrogen and oxygen atoms in total. The van der Waals surface area contributed by atoms with E-state index in [1.807, 2.05) is 12.1 Å². The Morgan fingerprint density at radius 1 is 1.14 bits per heavy atom. The SMILES string of the molecule is COC(=O)c1c(NC(=S)Nc2ccc(NC(C)=O)cc2)sc2c1CCC(C)C2. The molecule has 8 heteroatoms. The molecule has 28 heavy (non-hydrogen) atoms. The summed E-state index contributed by atoms with van der Waals surface area (Å²) in [7, 11) is 1.40. The zero-order valence-electron chi connectivity index (χ0n) is 16.0. The van der Waals surface area contributed by atoms with Crippen LogP contribution in [0.1, 0.15) is 41.1 Å². The van der Waals surface area contributed by atoms with Crippen molar-refractivity contribution in [3.05, 3.63) is 40.3 Å². The number of ether oxygens (including phenoxy) is 1. The maximum atomic E-state index is 12.4. The Labute approximate surface area is 173 Å². The van der Waals surface area contributed by atoms with E-state index in [0.717, 1.165) is 35.5 Å². The highest BCUT2D eigenvalue weighted by Crippen LogP contribution is 2.40. The highest BCUT2D eigenvalue weighted by Gasteiger charge is 2.28. The zero-order chi connectivity index (χ0) is 20.3. The average molecular weight is 418 g/mol. The number of hydrogen-bond donors (Lipinski definition) is 3. The lowest BCUT2D eigenvalue weighted by molar-refractivity contribution is -0.114. The van der Waals surface area contributed by atoms with Gasteiger partial charge in [-0.1, -0.05) is 6.92 Å². The van der Waals surface area contributed by atoms with E-state index in [1.165, 1.54) is 18.9 Å². The number of fused-ring (bicyclic) bond motifs is 1. The Morgan fingerprint density at radius 2 is 1.79 bits per heavy atom. The molecular formula is C20H23N3O3S2. The van der Waals surface area contributed by atoms with Crippen LogP contribution in [0.2, 0.25) is 0 Å². The summed E-state index contributed by atoms with van der Waals surface area (Å²) in [6, 6.07) is 7.22. The van der Waals surface area contributed by atoms with Gasteiger partial charge in [0.1, 0.15) is 5.00 Å². The first kappa shape index (κ1) is 20.3. The van der Waals surface area contributed by atoms with Gasteiger partial charge < -0.3 is 20.7 Å². The largest absolute Gasteiger partial charge is 0.465 e. The van der Waals surface area contributed by atoms with Gasteiger partial charge >= 0.3 is 5.97 Å². The van der Waals surface area contributed by atoms with Crippen molar-refractivity contribution in [2.24, 2.45) is 5.92 Å². The number of anilines is 3. The summed E-state index contributed by atoms with van der Waals surface area (Å²) in [6.07, 6.45) is 2.91. The first-order valence-corrected chi connectivity index (χ1v) is 10.3. The van der Waals surface area contributed by atoms with Gasteiger partial charge in [0.2, 0.25) is 5.91 Å². The maximum absolute atomic E-state index is 12.4. The molecule has 1 amide bonds. The minimum Gasteiger partial charge on any atom is -0.465 e. The molecule has 1 aromatic carbocycles. The van der Waals surface area contributed by atoms with Crippen LogP contribution in [0.15, 0.2) is 24.3 Å². The standard InChI is InChI=1S/C20H23N3O3S2/c1-11-4-9-15-16(10-11)28-18(17(15)19(25)26-3)23-20(27)22-14-7-5-13(6-8-14)21-12(2)24/h5-8,11H,4,9-10H2,1-3H3,(H,21,24)(H2,22,23,27). The molecule has 3 rings (SSSR count). The molecule has 3 N–H and O–H groups in total. The summed E-state index contributed by atoms with van der Waals surface area (Å²) in [5.74, 6) is 0.151. The highest BCUT2D eigenvalue weighted by molar-refractivity contribution is 7.80. The molecule has 1 aliphatic rings. The molecule has 2 aromatic rings. The van der Waals surface area contributed by atoms with Gasteiger partial charge in [-0.3, -0.25) is 4.79 Å². The molecule has 0 saturated carbocycles. The number of thiocarbonyl (C=S) groups is 1. The summed E-state index contributed by atoms with van der Waals surface area (Å²) in [6.45, 7) is 3.69. The first-order chi connectivity index (χ1) is 13.4. The molecule has 0 spiro atoms. The number of amides is 1. The molecule has 1 aliphatic carbocycles. The van der Waals surface area contributed by atoms with Crippen molar-refractivity contribution in [3.8, 4) is 0 Å². The second-order valence-electron chi connectivity index (χ2n) is 6.89. The van der Waals surface area contributed by atoms with Crippen molar-refractivity contribution >= 4 is 56.9 Å². The van der Waals surface area contributed by atoms with E-state index < -0.39 is 0 Å². The summed E-state index contributed by atoms with van der Waals surface area (Å²) in [5.41, 5.74) is 3.17. The Hall–Kier alpha value is -2.45. The van der Waals surface area contributed by atoms with Crippen molar-refractivity contribution in [3.63, 3.8) is 0 Å². The van der Waals surface area contributed by atoms with Crippen molar-refractivity contribution in [1.82, 2.24) is 0 Å². The summed E-state index contributed by atoms with van der Waals surface area (Å²) in [4.78, 5) is 24.7. The van der Waals surface area contributed by atoms with Gasteiger partial charge in [0, 0.05) is 23.2 Å². The molecule has 0 aliphatic heterocycles. The number of carbonyl (C=O) groups excluding carboxylic acids is 2. The number of hydrogen-bond acceptors (Lipinski definition) is 5. The second-order valence-corrected chi connectivity index (χ2v) is 8.40. The van der Waals surface area contributed by atoms with Crippen LogP contribution < -0.4 is 16.0 Å². The van der Waals surface area contributed by atoms with E-state index in [1.54, 1.807) is 23.5 Å². The minimum atomic E-state index is -0.336. The number of thiophene rings is 1. The molecule has 1 unspecified atom stereocenters. The van der Waals surface area contributed by atoms with Crippen LogP contribution in [0.3, 0.4) is 0 Å². The molecule has 1 heterocycles. The number of benzene rings is 1. The van der Waals surface area contributed by atoms with Crippen LogP contribution in [-0.4, -0.2) is 24.1 Å². The fourth-order valence-corrected chi connectivity index (χ4v) is 4.95. The lowest BCUT2D eigenvalue weighted by Gasteiger charge is -2.18. The monoisotopic (exact) mass is 417 g/mol. The first-order valence-electron chi connectivity index (χ1n) is 9.06. The Kier molecular flexibility index (Phi) is 6.31. The Balaban J connectivity index is 1.75. The van der Waals surface area contributed by atoms with Gasteiger partial charge in [-0.25, -0.2) is 4.79 Å². The lowest BCUT2D eigenvalue weighted by atomic mass is 9.88. The van der Waals surface area contributed by atoms with Crippen LogP contribution in [-0.2, 0) is 22.4 Å². The number of carbonyl (C=O) groups is 2. The predicted molar refractivity (Wildman–Crippen MR) is 117 cm³/mol. The lowest BCUT2D eigenvalue weighted by Crippen LogP contribution is -2.20. The van der Waals surface area contributed by atoms with Gasteiger partial charge in [0.05, 0.1) is 12.7 Å². The van der Waals surface area contributed by atoms with Crippen LogP contribution >= 0.6 is 23.6 Å². The number of esters is 1. The molecule has 0 bridgehead atoms. The normalized spacial score (nSPS) is 15.3. The van der Waals surface area contributed by atoms with E-state index in [4.69, 9.17) is 17.0 Å². The molecule has 0 fully saturated rings. The fraction of sp³-hybridized carbons (Fsp3) is 0.350. The van der Waals surface area contributed by atoms with Crippen molar-refractivity contribution in [1.29, 1.82) is 0 Å². The van der Waals surface area contributed by atoms with E-state index in [-0.39, 0.29) is 11.9 Å². The summed E-state index contributed by atoms with van der Waals surface area (Å²) < 4.78 is 5.00. The second kappa shape index (κ2) is 8.70. The fourth-order valence-electron chi connectivity index (χ4n) is 3.26. The number of rotatable bonds is 4. The van der Waals surface area contributed by atoms with Crippen molar-refractivity contribution in [2.75, 3.05) is 23.1 Å². The third-order valence-electron chi connectivity index (χ3n) is 4.59. The zero-order valence-corrected chi connectivity index (χ0v) is 17.7. The third-order valence-corrected chi connectivity index (χ3v) is 5.97. The highest BCUT2D eigenvalue weighted by atomic mass is 32.1. The van der Waals surface area contributed by atoms with E-state index in [0.29, 0.717) is 22.3 Å². The Bertz CT molecular complexity index is 906. The van der Waals surface area contributed by atoms with Gasteiger partial charge in [0.25, 0.3) is 0 Å². The van der Waals surface area contributed by atoms with Gasteiger partial charge in [-0.2, -0.15) is 0 Å². The van der Waals surface area contributed by atoms with Crippen LogP contribution in [0, 0.1) is 5.92 Å². The third kappa shape index (κ3) is 4.69. The van der Waals surface area contributed by atoms with E-state index in [9.17, 15) is 9.59 Å². The Morgan fingerprint density at radius 3 is 2.39 bits per heavy atom. The average Bonchev–Trinajstić information content (AvgIpc) is 2.98. The van der Waals surface area contributed by atoms with Gasteiger partial charge in [-0.15, -0.1) is 11.3 Å². The predicted octanol–water partition coefficient (Wildman–Crippen LogP) is 4.43. The summed E-state index contributed by atoms with van der Waals surface area (Å²) >= 11 is 7.00. The van der Waals surface area contributed by atoms with E-state index in [2.05, 4.69) is 22.9 Å². The van der Waals surface area contributed by atoms with Crippen LogP contribution in [0.5, 0.6) is 0 Å².